The Kier molecular flexibility index (Phi) is 6.49. The fourth-order valence-electron chi connectivity index (χ4n) is 1.29. The second kappa shape index (κ2) is 7.15. The van der Waals surface area contributed by atoms with Gasteiger partial charge in [0.2, 0.25) is 0 Å². The molecule has 0 radical (unpaired) electrons. The van der Waals surface area contributed by atoms with E-state index < -0.39 is 0 Å². The molecule has 0 aromatic heterocycles. The van der Waals surface area contributed by atoms with Gasteiger partial charge in [0.25, 0.3) is 0 Å². The molecule has 1 heteroatoms. The number of hydrogen-bond acceptors (Lipinski definition) is 1. The second-order valence-electron chi connectivity index (χ2n) is 3.52. The molecule has 0 amide bonds. The largest absolute Gasteiger partial charge is 0.193 e. The minimum atomic E-state index is 0.528. The third kappa shape index (κ3) is 4.67. The number of rotatable bonds is 5. The van der Waals surface area contributed by atoms with Crippen molar-refractivity contribution in [3.8, 4) is 6.07 Å². The van der Waals surface area contributed by atoms with Gasteiger partial charge in [0.1, 0.15) is 0 Å². The molecule has 1 unspecified atom stereocenters. The molecule has 1 nitrogen and oxygen atoms in total. The molecule has 0 rings (SSSR count). The molecule has 0 spiro atoms. The predicted molar refractivity (Wildman–Crippen MR) is 61.7 cm³/mol. The molecule has 0 bridgehead atoms. The van der Waals surface area contributed by atoms with Crippen LogP contribution in [-0.2, 0) is 0 Å². The van der Waals surface area contributed by atoms with Gasteiger partial charge in [-0.25, -0.2) is 0 Å². The van der Waals surface area contributed by atoms with E-state index in [0.29, 0.717) is 5.92 Å². The SMILES string of the molecule is C=C/C(=C\C=C(/C)C#N)C(C)CCC. The van der Waals surface area contributed by atoms with Gasteiger partial charge in [0.15, 0.2) is 0 Å². The highest BCUT2D eigenvalue weighted by atomic mass is 14.2. The van der Waals surface area contributed by atoms with Crippen LogP contribution in [0.5, 0.6) is 0 Å². The predicted octanol–water partition coefficient (Wildman–Crippen LogP) is 4.00. The molecular weight excluding hydrogens is 170 g/mol. The normalized spacial score (nSPS) is 14.7. The standard InChI is InChI=1S/C13H19N/c1-5-7-12(4)13(6-2)9-8-11(3)10-14/h6,8-9,12H,2,5,7H2,1,3-4H3/b11-8+,13-9+. The van der Waals surface area contributed by atoms with Crippen molar-refractivity contribution in [1.82, 2.24) is 0 Å². The zero-order valence-electron chi connectivity index (χ0n) is 9.38. The van der Waals surface area contributed by atoms with E-state index in [9.17, 15) is 0 Å². The molecular formula is C13H19N. The summed E-state index contributed by atoms with van der Waals surface area (Å²) in [6.07, 6.45) is 8.06. The molecule has 14 heavy (non-hydrogen) atoms. The van der Waals surface area contributed by atoms with Gasteiger partial charge in [0.05, 0.1) is 6.07 Å². The lowest BCUT2D eigenvalue weighted by molar-refractivity contribution is 0.613. The third-order valence-electron chi connectivity index (χ3n) is 2.23. The quantitative estimate of drug-likeness (QED) is 0.473. The monoisotopic (exact) mass is 189 g/mol. The first-order chi connectivity index (χ1) is 6.65. The Bertz CT molecular complexity index is 276. The Morgan fingerprint density at radius 1 is 1.50 bits per heavy atom. The third-order valence-corrected chi connectivity index (χ3v) is 2.23. The molecule has 76 valence electrons. The Morgan fingerprint density at radius 2 is 2.14 bits per heavy atom. The van der Waals surface area contributed by atoms with Crippen molar-refractivity contribution in [3.63, 3.8) is 0 Å². The van der Waals surface area contributed by atoms with Crippen LogP contribution in [0, 0.1) is 17.2 Å². The van der Waals surface area contributed by atoms with E-state index >= 15 is 0 Å². The van der Waals surface area contributed by atoms with E-state index in [2.05, 4.69) is 26.5 Å². The first-order valence-electron chi connectivity index (χ1n) is 5.06. The van der Waals surface area contributed by atoms with E-state index in [1.54, 1.807) is 0 Å². The van der Waals surface area contributed by atoms with Crippen LogP contribution >= 0.6 is 0 Å². The summed E-state index contributed by atoms with van der Waals surface area (Å²) in [5.41, 5.74) is 1.94. The zero-order chi connectivity index (χ0) is 11.0. The molecule has 0 fully saturated rings. The summed E-state index contributed by atoms with van der Waals surface area (Å²) in [5.74, 6) is 0.528. The lowest BCUT2D eigenvalue weighted by atomic mass is 9.96. The highest BCUT2D eigenvalue weighted by Crippen LogP contribution is 2.17. The maximum Gasteiger partial charge on any atom is 0.0944 e. The van der Waals surface area contributed by atoms with Crippen LogP contribution in [0.25, 0.3) is 0 Å². The Morgan fingerprint density at radius 3 is 2.57 bits per heavy atom. The molecule has 0 aliphatic rings. The zero-order valence-corrected chi connectivity index (χ0v) is 9.38. The minimum Gasteiger partial charge on any atom is -0.193 e. The van der Waals surface area contributed by atoms with Gasteiger partial charge in [-0.2, -0.15) is 5.26 Å². The fourth-order valence-corrected chi connectivity index (χ4v) is 1.29. The molecule has 0 aromatic carbocycles. The number of allylic oxidation sites excluding steroid dienone is 5. The molecule has 0 aliphatic carbocycles. The summed E-state index contributed by atoms with van der Waals surface area (Å²) in [6, 6.07) is 2.10. The van der Waals surface area contributed by atoms with Gasteiger partial charge < -0.3 is 0 Å². The van der Waals surface area contributed by atoms with Crippen LogP contribution in [0.1, 0.15) is 33.6 Å². The lowest BCUT2D eigenvalue weighted by Gasteiger charge is -2.10. The van der Waals surface area contributed by atoms with Crippen LogP contribution in [0.3, 0.4) is 0 Å². The smallest absolute Gasteiger partial charge is 0.0944 e. The second-order valence-corrected chi connectivity index (χ2v) is 3.52. The average molecular weight is 189 g/mol. The van der Waals surface area contributed by atoms with Crippen molar-refractivity contribution in [2.75, 3.05) is 0 Å². The van der Waals surface area contributed by atoms with E-state index in [0.717, 1.165) is 12.0 Å². The van der Waals surface area contributed by atoms with E-state index in [1.807, 2.05) is 25.2 Å². The van der Waals surface area contributed by atoms with Gasteiger partial charge in [-0.3, -0.25) is 0 Å². The van der Waals surface area contributed by atoms with Crippen molar-refractivity contribution in [2.45, 2.75) is 33.6 Å². The summed E-state index contributed by atoms with van der Waals surface area (Å²) in [5, 5.41) is 8.59. The average Bonchev–Trinajstić information content (AvgIpc) is 2.18. The van der Waals surface area contributed by atoms with Crippen LogP contribution in [0.4, 0.5) is 0 Å². The maximum absolute atomic E-state index is 8.59. The highest BCUT2D eigenvalue weighted by Gasteiger charge is 2.02. The topological polar surface area (TPSA) is 23.8 Å². The van der Waals surface area contributed by atoms with E-state index in [-0.39, 0.29) is 0 Å². The molecule has 0 aliphatic heterocycles. The van der Waals surface area contributed by atoms with Gasteiger partial charge >= 0.3 is 0 Å². The molecule has 1 atom stereocenters. The van der Waals surface area contributed by atoms with Crippen molar-refractivity contribution in [1.29, 1.82) is 5.26 Å². The van der Waals surface area contributed by atoms with Crippen LogP contribution < -0.4 is 0 Å². The lowest BCUT2D eigenvalue weighted by Crippen LogP contribution is -1.95. The summed E-state index contributed by atoms with van der Waals surface area (Å²) in [6.45, 7) is 9.96. The molecule has 0 N–H and O–H groups in total. The summed E-state index contributed by atoms with van der Waals surface area (Å²) >= 11 is 0. The van der Waals surface area contributed by atoms with Crippen LogP contribution in [-0.4, -0.2) is 0 Å². The van der Waals surface area contributed by atoms with E-state index in [4.69, 9.17) is 5.26 Å². The van der Waals surface area contributed by atoms with Crippen molar-refractivity contribution >= 4 is 0 Å². The minimum absolute atomic E-state index is 0.528. The number of hydrogen-bond donors (Lipinski definition) is 0. The van der Waals surface area contributed by atoms with Gasteiger partial charge in [0, 0.05) is 5.57 Å². The summed E-state index contributed by atoms with van der Waals surface area (Å²) in [7, 11) is 0. The fraction of sp³-hybridized carbons (Fsp3) is 0.462. The van der Waals surface area contributed by atoms with Crippen molar-refractivity contribution in [2.24, 2.45) is 5.92 Å². The molecule has 0 saturated carbocycles. The van der Waals surface area contributed by atoms with Gasteiger partial charge in [-0.15, -0.1) is 0 Å². The summed E-state index contributed by atoms with van der Waals surface area (Å²) < 4.78 is 0. The number of nitriles is 1. The van der Waals surface area contributed by atoms with Gasteiger partial charge in [-0.1, -0.05) is 39.0 Å². The van der Waals surface area contributed by atoms with Crippen LogP contribution in [0.2, 0.25) is 0 Å². The maximum atomic E-state index is 8.59. The first kappa shape index (κ1) is 12.7. The van der Waals surface area contributed by atoms with Crippen molar-refractivity contribution < 1.29 is 0 Å². The van der Waals surface area contributed by atoms with Crippen LogP contribution in [0.15, 0.2) is 36.0 Å². The van der Waals surface area contributed by atoms with Gasteiger partial charge in [-0.05, 0) is 30.9 Å². The molecule has 0 aromatic rings. The summed E-state index contributed by atoms with van der Waals surface area (Å²) in [4.78, 5) is 0. The highest BCUT2D eigenvalue weighted by molar-refractivity contribution is 5.30. The van der Waals surface area contributed by atoms with Crippen molar-refractivity contribution in [3.05, 3.63) is 36.0 Å². The Labute approximate surface area is 87.4 Å². The first-order valence-corrected chi connectivity index (χ1v) is 5.06. The Balaban J connectivity index is 4.56. The van der Waals surface area contributed by atoms with E-state index in [1.165, 1.54) is 12.0 Å². The Hall–Kier alpha value is -1.29. The molecule has 0 heterocycles. The number of nitrogens with zero attached hydrogens (tertiary/aromatic N) is 1. The molecule has 0 saturated heterocycles.